The Kier molecular flexibility index (Phi) is 33.1. The van der Waals surface area contributed by atoms with Crippen molar-refractivity contribution in [3.63, 3.8) is 0 Å². The average molecular weight is 729 g/mol. The van der Waals surface area contributed by atoms with Gasteiger partial charge in [-0.05, 0) is 19.3 Å². The maximum Gasteiger partial charge on any atom is 0.268 e. The van der Waals surface area contributed by atoms with Gasteiger partial charge in [-0.1, -0.05) is 179 Å². The van der Waals surface area contributed by atoms with E-state index in [0.717, 1.165) is 32.1 Å². The zero-order valence-electron chi connectivity index (χ0n) is 33.4. The number of amides is 1. The summed E-state index contributed by atoms with van der Waals surface area (Å²) < 4.78 is 23.1. The fourth-order valence-electron chi connectivity index (χ4n) is 5.86. The summed E-state index contributed by atoms with van der Waals surface area (Å²) in [5.41, 5.74) is 0. The standard InChI is InChI=1S/C41H81N2O6P/c1-6-8-10-12-14-16-18-19-20-21-22-23-24-25-27-29-31-33-35-41(45)42-39(38-49-50(46,47)48-37-36-43(3,4)5)40(44)34-32-30-28-26-17-15-13-11-9-7-2/h28,30,32,34,39-40,44H,6-27,29,31,33,35-38H2,1-5H3,(H-,42,45,46,47)/b30-28+,34-32+/t39-,40+/m0/s1. The molecule has 0 aromatic carbocycles. The topological polar surface area (TPSA) is 108 Å². The van der Waals surface area contributed by atoms with Crippen LogP contribution in [0.3, 0.4) is 0 Å². The summed E-state index contributed by atoms with van der Waals surface area (Å²) in [6.45, 7) is 4.58. The Hall–Kier alpha value is -1.02. The van der Waals surface area contributed by atoms with E-state index < -0.39 is 26.6 Å². The van der Waals surface area contributed by atoms with Gasteiger partial charge in [0.2, 0.25) is 5.91 Å². The van der Waals surface area contributed by atoms with Crippen LogP contribution in [0.1, 0.15) is 181 Å². The number of allylic oxidation sites excluding steroid dienone is 3. The first-order valence-corrected chi connectivity index (χ1v) is 22.2. The van der Waals surface area contributed by atoms with Gasteiger partial charge in [-0.2, -0.15) is 0 Å². The quantitative estimate of drug-likeness (QED) is 0.0285. The van der Waals surface area contributed by atoms with Crippen molar-refractivity contribution < 1.29 is 32.9 Å². The minimum Gasteiger partial charge on any atom is -0.756 e. The van der Waals surface area contributed by atoms with Gasteiger partial charge < -0.3 is 28.8 Å². The van der Waals surface area contributed by atoms with Crippen molar-refractivity contribution in [2.24, 2.45) is 0 Å². The number of carbonyl (C=O) groups is 1. The third kappa shape index (κ3) is 35.4. The highest BCUT2D eigenvalue weighted by Gasteiger charge is 2.23. The monoisotopic (exact) mass is 729 g/mol. The Bertz CT molecular complexity index is 876. The number of hydrogen-bond donors (Lipinski definition) is 2. The van der Waals surface area contributed by atoms with Gasteiger partial charge in [0.05, 0.1) is 39.9 Å². The van der Waals surface area contributed by atoms with E-state index in [0.29, 0.717) is 17.4 Å². The lowest BCUT2D eigenvalue weighted by atomic mass is 10.0. The molecule has 0 aromatic heterocycles. The van der Waals surface area contributed by atoms with Crippen molar-refractivity contribution in [1.82, 2.24) is 5.32 Å². The van der Waals surface area contributed by atoms with Gasteiger partial charge in [-0.25, -0.2) is 0 Å². The number of likely N-dealkylation sites (N-methyl/N-ethyl adjacent to an activating group) is 1. The first-order chi connectivity index (χ1) is 24.0. The van der Waals surface area contributed by atoms with Crippen LogP contribution in [0.4, 0.5) is 0 Å². The Morgan fingerprint density at radius 3 is 1.60 bits per heavy atom. The molecule has 0 radical (unpaired) electrons. The lowest BCUT2D eigenvalue weighted by Crippen LogP contribution is -2.45. The van der Waals surface area contributed by atoms with Crippen LogP contribution < -0.4 is 10.2 Å². The van der Waals surface area contributed by atoms with Crippen LogP contribution in [-0.4, -0.2) is 68.5 Å². The van der Waals surface area contributed by atoms with Crippen LogP contribution in [-0.2, 0) is 18.4 Å². The second-order valence-corrected chi connectivity index (χ2v) is 16.8. The van der Waals surface area contributed by atoms with E-state index in [9.17, 15) is 19.4 Å². The first kappa shape index (κ1) is 49.0. The summed E-state index contributed by atoms with van der Waals surface area (Å²) >= 11 is 0. The molecule has 1 amide bonds. The molecule has 296 valence electrons. The highest BCUT2D eigenvalue weighted by Crippen LogP contribution is 2.38. The maximum absolute atomic E-state index is 12.8. The maximum atomic E-state index is 12.8. The van der Waals surface area contributed by atoms with Gasteiger partial charge in [0.25, 0.3) is 7.82 Å². The Balaban J connectivity index is 4.39. The predicted octanol–water partition coefficient (Wildman–Crippen LogP) is 10.3. The van der Waals surface area contributed by atoms with Crippen LogP contribution >= 0.6 is 7.82 Å². The van der Waals surface area contributed by atoms with Crippen molar-refractivity contribution in [3.8, 4) is 0 Å². The first-order valence-electron chi connectivity index (χ1n) is 20.7. The molecule has 0 aromatic rings. The van der Waals surface area contributed by atoms with E-state index in [4.69, 9.17) is 9.05 Å². The van der Waals surface area contributed by atoms with Crippen molar-refractivity contribution >= 4 is 13.7 Å². The van der Waals surface area contributed by atoms with E-state index in [1.54, 1.807) is 12.2 Å². The summed E-state index contributed by atoms with van der Waals surface area (Å²) in [5.74, 6) is -0.215. The van der Waals surface area contributed by atoms with E-state index in [1.807, 2.05) is 27.2 Å². The van der Waals surface area contributed by atoms with Crippen molar-refractivity contribution in [2.75, 3.05) is 40.9 Å². The van der Waals surface area contributed by atoms with E-state index >= 15 is 0 Å². The van der Waals surface area contributed by atoms with E-state index in [-0.39, 0.29) is 12.5 Å². The van der Waals surface area contributed by atoms with Crippen molar-refractivity contribution in [1.29, 1.82) is 0 Å². The van der Waals surface area contributed by atoms with Crippen LogP contribution in [0, 0.1) is 0 Å². The van der Waals surface area contributed by atoms with Gasteiger partial charge in [0, 0.05) is 6.42 Å². The van der Waals surface area contributed by atoms with Gasteiger partial charge >= 0.3 is 0 Å². The molecule has 0 fully saturated rings. The molecule has 1 unspecified atom stereocenters. The third-order valence-corrected chi connectivity index (χ3v) is 10.2. The summed E-state index contributed by atoms with van der Waals surface area (Å²) in [6.07, 6.45) is 38.1. The smallest absolute Gasteiger partial charge is 0.268 e. The molecular formula is C41H81N2O6P. The SMILES string of the molecule is CCCCCCCC/C=C/C=C/[C@@H](O)[C@H](COP(=O)([O-])OCC[N+](C)(C)C)NC(=O)CCCCCCCCCCCCCCCCCCCC. The number of nitrogens with one attached hydrogen (secondary N) is 1. The number of quaternary nitrogens is 1. The number of carbonyl (C=O) groups excluding carboxylic acids is 1. The predicted molar refractivity (Wildman–Crippen MR) is 210 cm³/mol. The molecule has 0 heterocycles. The number of aliphatic hydroxyl groups is 1. The van der Waals surface area contributed by atoms with Gasteiger partial charge in [0.1, 0.15) is 13.2 Å². The minimum absolute atomic E-state index is 0.00742. The molecule has 50 heavy (non-hydrogen) atoms. The van der Waals surface area contributed by atoms with E-state index in [2.05, 4.69) is 25.2 Å². The molecule has 0 aliphatic carbocycles. The van der Waals surface area contributed by atoms with Crippen LogP contribution in [0.5, 0.6) is 0 Å². The third-order valence-electron chi connectivity index (χ3n) is 9.22. The Morgan fingerprint density at radius 1 is 0.700 bits per heavy atom. The molecule has 0 aliphatic heterocycles. The molecule has 0 aliphatic rings. The molecular weight excluding hydrogens is 647 g/mol. The average Bonchev–Trinajstić information content (AvgIpc) is 3.06. The number of phosphoric ester groups is 1. The number of rotatable bonds is 37. The molecule has 0 rings (SSSR count). The molecule has 8 nitrogen and oxygen atoms in total. The normalized spacial score (nSPS) is 14.8. The fraction of sp³-hybridized carbons (Fsp3) is 0.878. The number of hydrogen-bond acceptors (Lipinski definition) is 6. The Morgan fingerprint density at radius 2 is 1.14 bits per heavy atom. The molecule has 0 spiro atoms. The number of nitrogens with zero attached hydrogens (tertiary/aromatic N) is 1. The minimum atomic E-state index is -4.59. The number of unbranched alkanes of at least 4 members (excludes halogenated alkanes) is 23. The molecule has 3 atom stereocenters. The van der Waals surface area contributed by atoms with Crippen LogP contribution in [0.15, 0.2) is 24.3 Å². The van der Waals surface area contributed by atoms with Crippen molar-refractivity contribution in [3.05, 3.63) is 24.3 Å². The zero-order chi connectivity index (χ0) is 37.2. The number of aliphatic hydroxyl groups excluding tert-OH is 1. The summed E-state index contributed by atoms with van der Waals surface area (Å²) in [6, 6.07) is -0.912. The fourth-order valence-corrected chi connectivity index (χ4v) is 6.58. The highest BCUT2D eigenvalue weighted by atomic mass is 31.2. The lowest BCUT2D eigenvalue weighted by Gasteiger charge is -2.29. The van der Waals surface area contributed by atoms with Crippen molar-refractivity contribution in [2.45, 2.75) is 193 Å². The second kappa shape index (κ2) is 33.8. The largest absolute Gasteiger partial charge is 0.756 e. The van der Waals surface area contributed by atoms with Crippen LogP contribution in [0.25, 0.3) is 0 Å². The summed E-state index contributed by atoms with van der Waals surface area (Å²) in [7, 11) is 1.24. The lowest BCUT2D eigenvalue weighted by molar-refractivity contribution is -0.870. The molecule has 2 N–H and O–H groups in total. The second-order valence-electron chi connectivity index (χ2n) is 15.4. The number of phosphoric acid groups is 1. The van der Waals surface area contributed by atoms with Gasteiger partial charge in [-0.15, -0.1) is 0 Å². The van der Waals surface area contributed by atoms with Gasteiger partial charge in [-0.3, -0.25) is 9.36 Å². The molecule has 9 heteroatoms. The summed E-state index contributed by atoms with van der Waals surface area (Å²) in [4.78, 5) is 25.2. The molecule has 0 saturated heterocycles. The molecule has 0 bridgehead atoms. The zero-order valence-corrected chi connectivity index (χ0v) is 34.2. The molecule has 0 saturated carbocycles. The van der Waals surface area contributed by atoms with Crippen LogP contribution in [0.2, 0.25) is 0 Å². The Labute approximate surface area is 309 Å². The summed E-state index contributed by atoms with van der Waals surface area (Å²) in [5, 5.41) is 13.6. The highest BCUT2D eigenvalue weighted by molar-refractivity contribution is 7.45. The van der Waals surface area contributed by atoms with Gasteiger partial charge in [0.15, 0.2) is 0 Å². The van der Waals surface area contributed by atoms with E-state index in [1.165, 1.54) is 128 Å².